The zero-order valence-corrected chi connectivity index (χ0v) is 7.86. The number of rotatable bonds is 4. The highest BCUT2D eigenvalue weighted by molar-refractivity contribution is 5.76. The maximum atomic E-state index is 11.3. The van der Waals surface area contributed by atoms with Crippen LogP contribution in [0.5, 0.6) is 0 Å². The Balaban J connectivity index is 1.67. The Kier molecular flexibility index (Phi) is 2.71. The third kappa shape index (κ3) is 2.27. The fourth-order valence-corrected chi connectivity index (χ4v) is 1.47. The molecule has 0 saturated heterocycles. The first kappa shape index (κ1) is 9.11. The molecule has 0 spiro atoms. The van der Waals surface area contributed by atoms with Crippen molar-refractivity contribution >= 4 is 5.91 Å². The molecule has 2 N–H and O–H groups in total. The number of nitrogens with zero attached hydrogens (tertiary/aromatic N) is 3. The van der Waals surface area contributed by atoms with E-state index in [0.29, 0.717) is 24.7 Å². The lowest BCUT2D eigenvalue weighted by molar-refractivity contribution is -0.122. The number of nitrogens with one attached hydrogen (secondary N) is 2. The Hall–Kier alpha value is -1.46. The summed E-state index contributed by atoms with van der Waals surface area (Å²) in [6.07, 6.45) is 4.28. The molecule has 0 aliphatic heterocycles. The predicted molar refractivity (Wildman–Crippen MR) is 48.0 cm³/mol. The van der Waals surface area contributed by atoms with E-state index >= 15 is 0 Å². The van der Waals surface area contributed by atoms with E-state index in [1.165, 1.54) is 19.3 Å². The maximum Gasteiger partial charge on any atom is 0.220 e. The maximum absolute atomic E-state index is 11.3. The fraction of sp³-hybridized carbons (Fsp3) is 0.750. The Morgan fingerprint density at radius 2 is 2.43 bits per heavy atom. The van der Waals surface area contributed by atoms with Crippen LogP contribution in [0.25, 0.3) is 0 Å². The van der Waals surface area contributed by atoms with Gasteiger partial charge in [-0.1, -0.05) is 11.6 Å². The molecule has 1 aliphatic carbocycles. The molecule has 1 aromatic rings. The van der Waals surface area contributed by atoms with Gasteiger partial charge in [0.1, 0.15) is 0 Å². The van der Waals surface area contributed by atoms with Crippen LogP contribution >= 0.6 is 0 Å². The van der Waals surface area contributed by atoms with Crippen LogP contribution in [-0.2, 0) is 11.3 Å². The van der Waals surface area contributed by atoms with Crippen molar-refractivity contribution in [2.45, 2.75) is 32.2 Å². The Morgan fingerprint density at radius 3 is 3.00 bits per heavy atom. The Morgan fingerprint density at radius 1 is 1.57 bits per heavy atom. The van der Waals surface area contributed by atoms with Crippen molar-refractivity contribution in [3.63, 3.8) is 0 Å². The molecule has 0 bridgehead atoms. The van der Waals surface area contributed by atoms with E-state index in [1.807, 2.05) is 0 Å². The second-order valence-electron chi connectivity index (χ2n) is 3.61. The van der Waals surface area contributed by atoms with Gasteiger partial charge >= 0.3 is 0 Å². The largest absolute Gasteiger partial charge is 0.349 e. The van der Waals surface area contributed by atoms with Gasteiger partial charge in [0, 0.05) is 6.42 Å². The highest BCUT2D eigenvalue weighted by Crippen LogP contribution is 2.28. The first-order valence-electron chi connectivity index (χ1n) is 4.83. The highest BCUT2D eigenvalue weighted by Gasteiger charge is 2.20. The minimum absolute atomic E-state index is 0.0829. The van der Waals surface area contributed by atoms with Crippen molar-refractivity contribution in [2.24, 2.45) is 5.92 Å². The number of carbonyl (C=O) groups excluding carboxylic acids is 1. The van der Waals surface area contributed by atoms with Gasteiger partial charge in [0.15, 0.2) is 5.82 Å². The lowest BCUT2D eigenvalue weighted by Gasteiger charge is -2.24. The zero-order valence-electron chi connectivity index (χ0n) is 7.86. The molecule has 1 amide bonds. The number of aromatic amines is 1. The normalized spacial score (nSPS) is 16.3. The number of aromatic nitrogens is 4. The molecule has 0 unspecified atom stereocenters. The molecule has 14 heavy (non-hydrogen) atoms. The molecule has 1 saturated carbocycles. The van der Waals surface area contributed by atoms with Gasteiger partial charge in [-0.3, -0.25) is 4.79 Å². The van der Waals surface area contributed by atoms with E-state index < -0.39 is 0 Å². The summed E-state index contributed by atoms with van der Waals surface area (Å²) in [6.45, 7) is 0.363. The summed E-state index contributed by atoms with van der Waals surface area (Å²) >= 11 is 0. The van der Waals surface area contributed by atoms with E-state index in [-0.39, 0.29) is 5.91 Å². The van der Waals surface area contributed by atoms with Gasteiger partial charge < -0.3 is 5.32 Å². The molecule has 6 heteroatoms. The van der Waals surface area contributed by atoms with Gasteiger partial charge in [-0.15, -0.1) is 10.2 Å². The number of tetrazole rings is 1. The van der Waals surface area contributed by atoms with Gasteiger partial charge in [-0.2, -0.15) is 5.21 Å². The van der Waals surface area contributed by atoms with Crippen molar-refractivity contribution in [1.29, 1.82) is 0 Å². The topological polar surface area (TPSA) is 83.6 Å². The van der Waals surface area contributed by atoms with Crippen molar-refractivity contribution in [2.75, 3.05) is 0 Å². The number of hydrogen-bond donors (Lipinski definition) is 2. The van der Waals surface area contributed by atoms with Crippen LogP contribution < -0.4 is 5.32 Å². The van der Waals surface area contributed by atoms with Crippen LogP contribution in [0.1, 0.15) is 31.5 Å². The van der Waals surface area contributed by atoms with Crippen LogP contribution in [0.4, 0.5) is 0 Å². The van der Waals surface area contributed by atoms with Crippen LogP contribution in [0.2, 0.25) is 0 Å². The van der Waals surface area contributed by atoms with Crippen molar-refractivity contribution < 1.29 is 4.79 Å². The van der Waals surface area contributed by atoms with E-state index in [2.05, 4.69) is 25.9 Å². The van der Waals surface area contributed by atoms with Crippen LogP contribution in [-0.4, -0.2) is 26.5 Å². The zero-order chi connectivity index (χ0) is 9.80. The van der Waals surface area contributed by atoms with E-state index in [1.54, 1.807) is 0 Å². The smallest absolute Gasteiger partial charge is 0.220 e. The number of amides is 1. The van der Waals surface area contributed by atoms with E-state index in [4.69, 9.17) is 0 Å². The van der Waals surface area contributed by atoms with Gasteiger partial charge in [-0.25, -0.2) is 0 Å². The molecule has 76 valence electrons. The monoisotopic (exact) mass is 195 g/mol. The third-order valence-electron chi connectivity index (χ3n) is 2.53. The molecule has 1 aliphatic rings. The molecule has 6 nitrogen and oxygen atoms in total. The van der Waals surface area contributed by atoms with Gasteiger partial charge in [0.25, 0.3) is 0 Å². The summed E-state index contributed by atoms with van der Waals surface area (Å²) in [7, 11) is 0. The summed E-state index contributed by atoms with van der Waals surface area (Å²) in [6, 6.07) is 0. The molecule has 0 atom stereocenters. The van der Waals surface area contributed by atoms with Crippen LogP contribution in [0, 0.1) is 5.92 Å². The standard InChI is InChI=1S/C8H13N5O/c14-8(4-6-2-1-3-6)9-5-7-10-12-13-11-7/h6H,1-5H2,(H,9,14)(H,10,11,12,13). The average molecular weight is 195 g/mol. The second-order valence-corrected chi connectivity index (χ2v) is 3.61. The Bertz CT molecular complexity index is 293. The van der Waals surface area contributed by atoms with Gasteiger partial charge in [0.05, 0.1) is 6.54 Å². The quantitative estimate of drug-likeness (QED) is 0.708. The summed E-state index contributed by atoms with van der Waals surface area (Å²) in [5.74, 6) is 1.20. The molecule has 1 fully saturated rings. The first-order chi connectivity index (χ1) is 6.84. The lowest BCUT2D eigenvalue weighted by Crippen LogP contribution is -2.27. The number of H-pyrrole nitrogens is 1. The molecule has 1 heterocycles. The first-order valence-corrected chi connectivity index (χ1v) is 4.83. The third-order valence-corrected chi connectivity index (χ3v) is 2.53. The van der Waals surface area contributed by atoms with Gasteiger partial charge in [-0.05, 0) is 18.8 Å². The Labute approximate surface area is 81.5 Å². The molecule has 1 aromatic heterocycles. The highest BCUT2D eigenvalue weighted by atomic mass is 16.1. The SMILES string of the molecule is O=C(CC1CCC1)NCc1nn[nH]n1. The van der Waals surface area contributed by atoms with Crippen molar-refractivity contribution in [3.8, 4) is 0 Å². The average Bonchev–Trinajstić information content (AvgIpc) is 2.60. The summed E-state index contributed by atoms with van der Waals surface area (Å²) in [5.41, 5.74) is 0. The number of carbonyl (C=O) groups is 1. The minimum Gasteiger partial charge on any atom is -0.349 e. The number of hydrogen-bond acceptors (Lipinski definition) is 4. The minimum atomic E-state index is 0.0829. The fourth-order valence-electron chi connectivity index (χ4n) is 1.47. The van der Waals surface area contributed by atoms with Crippen LogP contribution in [0.15, 0.2) is 0 Å². The molecule has 2 rings (SSSR count). The van der Waals surface area contributed by atoms with Gasteiger partial charge in [0.2, 0.25) is 5.91 Å². The molecule has 0 radical (unpaired) electrons. The summed E-state index contributed by atoms with van der Waals surface area (Å²) in [4.78, 5) is 11.3. The predicted octanol–water partition coefficient (Wildman–Crippen LogP) is 0.00610. The summed E-state index contributed by atoms with van der Waals surface area (Å²) < 4.78 is 0. The molecular weight excluding hydrogens is 182 g/mol. The summed E-state index contributed by atoms with van der Waals surface area (Å²) in [5, 5.41) is 16.0. The second kappa shape index (κ2) is 4.17. The lowest BCUT2D eigenvalue weighted by atomic mass is 9.83. The van der Waals surface area contributed by atoms with E-state index in [9.17, 15) is 4.79 Å². The van der Waals surface area contributed by atoms with Crippen molar-refractivity contribution in [3.05, 3.63) is 5.82 Å². The van der Waals surface area contributed by atoms with E-state index in [0.717, 1.165) is 0 Å². The molecule has 0 aromatic carbocycles. The van der Waals surface area contributed by atoms with Crippen molar-refractivity contribution in [1.82, 2.24) is 25.9 Å². The molecular formula is C8H13N5O. The van der Waals surface area contributed by atoms with Crippen LogP contribution in [0.3, 0.4) is 0 Å².